The summed E-state index contributed by atoms with van der Waals surface area (Å²) in [5.41, 5.74) is -0.00716. The van der Waals surface area contributed by atoms with Crippen LogP contribution in [-0.4, -0.2) is 40.0 Å². The molecule has 0 saturated carbocycles. The van der Waals surface area contributed by atoms with Crippen LogP contribution in [0.4, 0.5) is 0 Å². The molecule has 0 bridgehead atoms. The van der Waals surface area contributed by atoms with Crippen molar-refractivity contribution in [3.63, 3.8) is 0 Å². The number of thiophene rings is 1. The van der Waals surface area contributed by atoms with Crippen molar-refractivity contribution in [2.45, 2.75) is 69.5 Å². The summed E-state index contributed by atoms with van der Waals surface area (Å²) in [4.78, 5) is 32.0. The molecular formula is C19H27N3O3S2. The lowest BCUT2D eigenvalue weighted by atomic mass is 10.2. The van der Waals surface area contributed by atoms with Crippen LogP contribution in [0.15, 0.2) is 16.0 Å². The number of aromatic nitrogens is 2. The molecule has 6 nitrogen and oxygen atoms in total. The van der Waals surface area contributed by atoms with Gasteiger partial charge >= 0.3 is 0 Å². The molecule has 27 heavy (non-hydrogen) atoms. The fourth-order valence-corrected chi connectivity index (χ4v) is 5.07. The number of nitrogens with zero attached hydrogens (tertiary/aromatic N) is 2. The van der Waals surface area contributed by atoms with Crippen LogP contribution in [-0.2, 0) is 22.5 Å². The smallest absolute Gasteiger partial charge is 0.262 e. The molecular weight excluding hydrogens is 382 g/mol. The fraction of sp³-hybridized carbons (Fsp3) is 0.632. The predicted molar refractivity (Wildman–Crippen MR) is 111 cm³/mol. The van der Waals surface area contributed by atoms with E-state index in [2.05, 4.69) is 12.2 Å². The number of amides is 1. The maximum absolute atomic E-state index is 12.9. The van der Waals surface area contributed by atoms with Crippen molar-refractivity contribution in [2.75, 3.05) is 13.2 Å². The molecule has 0 spiro atoms. The maximum atomic E-state index is 12.9. The van der Waals surface area contributed by atoms with E-state index in [4.69, 9.17) is 9.72 Å². The third kappa shape index (κ3) is 4.73. The van der Waals surface area contributed by atoms with E-state index in [1.807, 2.05) is 19.9 Å². The Bertz CT molecular complexity index is 856. The molecule has 1 fully saturated rings. The molecule has 148 valence electrons. The molecule has 0 aromatic carbocycles. The van der Waals surface area contributed by atoms with Crippen molar-refractivity contribution in [1.82, 2.24) is 14.9 Å². The zero-order chi connectivity index (χ0) is 19.4. The lowest BCUT2D eigenvalue weighted by Crippen LogP contribution is -2.37. The minimum Gasteiger partial charge on any atom is -0.376 e. The van der Waals surface area contributed by atoms with E-state index in [1.54, 1.807) is 15.9 Å². The molecule has 2 aromatic heterocycles. The Balaban J connectivity index is 1.78. The predicted octanol–water partition coefficient (Wildman–Crippen LogP) is 3.21. The Hall–Kier alpha value is -1.38. The number of ether oxygens (including phenoxy) is 1. The molecule has 0 aliphatic carbocycles. The molecule has 3 heterocycles. The van der Waals surface area contributed by atoms with Gasteiger partial charge in [-0.3, -0.25) is 14.2 Å². The van der Waals surface area contributed by atoms with E-state index in [-0.39, 0.29) is 22.8 Å². The number of fused-ring (bicyclic) bond motifs is 1. The lowest BCUT2D eigenvalue weighted by molar-refractivity contribution is -0.120. The van der Waals surface area contributed by atoms with Gasteiger partial charge in [0.1, 0.15) is 4.83 Å². The van der Waals surface area contributed by atoms with Crippen LogP contribution in [0.3, 0.4) is 0 Å². The van der Waals surface area contributed by atoms with E-state index in [1.165, 1.54) is 11.8 Å². The third-order valence-corrected chi connectivity index (χ3v) is 6.91. The Morgan fingerprint density at radius 2 is 2.33 bits per heavy atom. The first kappa shape index (κ1) is 20.4. The molecule has 8 heteroatoms. The molecule has 2 atom stereocenters. The summed E-state index contributed by atoms with van der Waals surface area (Å²) in [5, 5.41) is 3.94. The summed E-state index contributed by atoms with van der Waals surface area (Å²) >= 11 is 2.91. The number of nitrogens with one attached hydrogen (secondary N) is 1. The number of carbonyl (C=O) groups is 1. The van der Waals surface area contributed by atoms with Crippen molar-refractivity contribution in [3.05, 3.63) is 21.3 Å². The van der Waals surface area contributed by atoms with Crippen LogP contribution in [0.1, 0.15) is 44.9 Å². The summed E-state index contributed by atoms with van der Waals surface area (Å²) in [6.07, 6.45) is 3.90. The minimum absolute atomic E-state index is 0.00716. The van der Waals surface area contributed by atoms with Gasteiger partial charge in [-0.25, -0.2) is 4.98 Å². The van der Waals surface area contributed by atoms with Gasteiger partial charge in [0.15, 0.2) is 5.16 Å². The third-order valence-electron chi connectivity index (χ3n) is 4.64. The molecule has 0 unspecified atom stereocenters. The topological polar surface area (TPSA) is 73.2 Å². The first-order valence-electron chi connectivity index (χ1n) is 9.62. The molecule has 0 radical (unpaired) electrons. The second-order valence-electron chi connectivity index (χ2n) is 6.78. The second-order valence-corrected chi connectivity index (χ2v) is 9.20. The Labute approximate surface area is 167 Å². The maximum Gasteiger partial charge on any atom is 0.262 e. The van der Waals surface area contributed by atoms with Crippen LogP contribution in [0.25, 0.3) is 10.2 Å². The number of thioether (sulfide) groups is 1. The minimum atomic E-state index is -0.329. The van der Waals surface area contributed by atoms with Gasteiger partial charge in [-0.1, -0.05) is 25.6 Å². The Kier molecular flexibility index (Phi) is 6.94. The van der Waals surface area contributed by atoms with E-state index < -0.39 is 0 Å². The average Bonchev–Trinajstić information content (AvgIpc) is 3.32. The molecule has 3 rings (SSSR count). The highest BCUT2D eigenvalue weighted by Crippen LogP contribution is 2.27. The monoisotopic (exact) mass is 409 g/mol. The summed E-state index contributed by atoms with van der Waals surface area (Å²) in [5.74, 6) is -0.0479. The first-order chi connectivity index (χ1) is 13.0. The van der Waals surface area contributed by atoms with E-state index in [9.17, 15) is 9.59 Å². The Morgan fingerprint density at radius 1 is 1.52 bits per heavy atom. The van der Waals surface area contributed by atoms with Crippen LogP contribution in [0, 0.1) is 0 Å². The van der Waals surface area contributed by atoms with Gasteiger partial charge in [-0.15, -0.1) is 11.3 Å². The summed E-state index contributed by atoms with van der Waals surface area (Å²) < 4.78 is 7.26. The van der Waals surface area contributed by atoms with Crippen LogP contribution < -0.4 is 10.9 Å². The molecule has 1 saturated heterocycles. The van der Waals surface area contributed by atoms with Crippen molar-refractivity contribution in [3.8, 4) is 0 Å². The van der Waals surface area contributed by atoms with Crippen molar-refractivity contribution in [2.24, 2.45) is 0 Å². The summed E-state index contributed by atoms with van der Waals surface area (Å²) in [7, 11) is 0. The fourth-order valence-electron chi connectivity index (χ4n) is 3.11. The SMILES string of the molecule is CCCn1c(S[C@@H](C)C(=O)NC[C@@H]2CCCO2)nc2sc(CC)cc2c1=O. The zero-order valence-electron chi connectivity index (χ0n) is 16.1. The van der Waals surface area contributed by atoms with Crippen molar-refractivity contribution >= 4 is 39.2 Å². The average molecular weight is 410 g/mol. The first-order valence-corrected chi connectivity index (χ1v) is 11.3. The van der Waals surface area contributed by atoms with E-state index in [0.717, 1.165) is 42.0 Å². The highest BCUT2D eigenvalue weighted by atomic mass is 32.2. The number of carbonyl (C=O) groups excluding carboxylic acids is 1. The highest BCUT2D eigenvalue weighted by Gasteiger charge is 2.22. The molecule has 1 amide bonds. The van der Waals surface area contributed by atoms with Crippen LogP contribution in [0.5, 0.6) is 0 Å². The number of hydrogen-bond acceptors (Lipinski definition) is 6. The van der Waals surface area contributed by atoms with Gasteiger partial charge in [0.2, 0.25) is 5.91 Å². The molecule has 1 N–H and O–H groups in total. The number of rotatable bonds is 8. The van der Waals surface area contributed by atoms with E-state index in [0.29, 0.717) is 23.6 Å². The van der Waals surface area contributed by atoms with Gasteiger partial charge in [-0.2, -0.15) is 0 Å². The molecule has 1 aliphatic heterocycles. The Morgan fingerprint density at radius 3 is 3.00 bits per heavy atom. The largest absolute Gasteiger partial charge is 0.376 e. The van der Waals surface area contributed by atoms with Gasteiger partial charge in [0.25, 0.3) is 5.56 Å². The van der Waals surface area contributed by atoms with Gasteiger partial charge < -0.3 is 10.1 Å². The van der Waals surface area contributed by atoms with Crippen LogP contribution >= 0.6 is 23.1 Å². The van der Waals surface area contributed by atoms with Crippen molar-refractivity contribution < 1.29 is 9.53 Å². The van der Waals surface area contributed by atoms with Crippen molar-refractivity contribution in [1.29, 1.82) is 0 Å². The summed E-state index contributed by atoms with van der Waals surface area (Å²) in [6.45, 7) is 7.89. The quantitative estimate of drug-likeness (QED) is 0.535. The zero-order valence-corrected chi connectivity index (χ0v) is 17.8. The van der Waals surface area contributed by atoms with Gasteiger partial charge in [0, 0.05) is 24.6 Å². The number of aryl methyl sites for hydroxylation is 1. The van der Waals surface area contributed by atoms with Crippen LogP contribution in [0.2, 0.25) is 0 Å². The summed E-state index contributed by atoms with van der Waals surface area (Å²) in [6, 6.07) is 1.95. The standard InChI is InChI=1S/C19H27N3O3S2/c1-4-8-22-18(24)15-10-14(5-2)27-17(15)21-19(22)26-12(3)16(23)20-11-13-7-6-9-25-13/h10,12-13H,4-9,11H2,1-3H3,(H,20,23)/t12-,13-/m0/s1. The lowest BCUT2D eigenvalue weighted by Gasteiger charge is -2.16. The second kappa shape index (κ2) is 9.21. The van der Waals surface area contributed by atoms with Gasteiger partial charge in [-0.05, 0) is 38.7 Å². The normalized spacial score (nSPS) is 18.1. The van der Waals surface area contributed by atoms with E-state index >= 15 is 0 Å². The molecule has 2 aromatic rings. The van der Waals surface area contributed by atoms with Gasteiger partial charge in [0.05, 0.1) is 16.7 Å². The number of hydrogen-bond donors (Lipinski definition) is 1. The highest BCUT2D eigenvalue weighted by molar-refractivity contribution is 8.00. The molecule has 1 aliphatic rings.